The van der Waals surface area contributed by atoms with E-state index in [1.807, 2.05) is 0 Å². The fourth-order valence-electron chi connectivity index (χ4n) is 2.58. The first-order chi connectivity index (χ1) is 7.76. The third kappa shape index (κ3) is 9.38. The number of nitrogens with one attached hydrogen (secondary N) is 2. The second-order valence-electron chi connectivity index (χ2n) is 6.52. The van der Waals surface area contributed by atoms with Gasteiger partial charge in [-0.05, 0) is 47.0 Å². The van der Waals surface area contributed by atoms with E-state index in [0.717, 1.165) is 6.42 Å². The van der Waals surface area contributed by atoms with Crippen molar-refractivity contribution < 1.29 is 17.1 Å². The Morgan fingerprint density at radius 1 is 0.778 bits per heavy atom. The van der Waals surface area contributed by atoms with Gasteiger partial charge < -0.3 is 0 Å². The second-order valence-corrected chi connectivity index (χ2v) is 6.52. The summed E-state index contributed by atoms with van der Waals surface area (Å²) in [5.74, 6) is 0. The summed E-state index contributed by atoms with van der Waals surface area (Å²) in [6.07, 6.45) is 6.45. The second kappa shape index (κ2) is 9.36. The van der Waals surface area contributed by atoms with Crippen molar-refractivity contribution in [2.75, 3.05) is 0 Å². The van der Waals surface area contributed by atoms with Crippen LogP contribution in [0.15, 0.2) is 0 Å². The molecular weight excluding hydrogens is 272 g/mol. The summed E-state index contributed by atoms with van der Waals surface area (Å²) < 4.78 is 0. The molecule has 0 aromatic rings. The van der Waals surface area contributed by atoms with E-state index in [2.05, 4.69) is 59.1 Å². The molecule has 0 aromatic heterocycles. The fraction of sp³-hybridized carbons (Fsp3) is 1.00. The van der Waals surface area contributed by atoms with Gasteiger partial charge in [-0.1, -0.05) is 33.6 Å². The number of hydrogen-bond acceptors (Lipinski definition) is 2. The maximum Gasteiger partial charge on any atom is 2.00 e. The minimum absolute atomic E-state index is 0. The zero-order chi connectivity index (χ0) is 13.5. The van der Waals surface area contributed by atoms with Gasteiger partial charge in [0.25, 0.3) is 0 Å². The van der Waals surface area contributed by atoms with Crippen LogP contribution in [0.5, 0.6) is 0 Å². The average molecular weight is 306 g/mol. The molecule has 0 spiro atoms. The van der Waals surface area contributed by atoms with E-state index < -0.39 is 0 Å². The molecule has 3 heteroatoms. The Kier molecular flexibility index (Phi) is 10.8. The van der Waals surface area contributed by atoms with Crippen molar-refractivity contribution in [1.29, 1.82) is 0 Å². The zero-order valence-electron chi connectivity index (χ0n) is 13.4. The molecule has 0 amide bonds. The monoisotopic (exact) mass is 305 g/mol. The maximum absolute atomic E-state index is 3.75. The molecular formula is C15H34CuN2+2. The third-order valence-corrected chi connectivity index (χ3v) is 3.29. The molecule has 0 atom stereocenters. The Hall–Kier alpha value is 0.439. The van der Waals surface area contributed by atoms with Crippen molar-refractivity contribution in [2.24, 2.45) is 0 Å². The van der Waals surface area contributed by atoms with Gasteiger partial charge in [-0.25, -0.2) is 0 Å². The van der Waals surface area contributed by atoms with Crippen LogP contribution in [0.2, 0.25) is 0 Å². The Labute approximate surface area is 126 Å². The van der Waals surface area contributed by atoms with Crippen LogP contribution in [0.1, 0.15) is 80.6 Å². The molecule has 0 aliphatic heterocycles. The molecule has 0 aliphatic carbocycles. The molecule has 0 saturated carbocycles. The summed E-state index contributed by atoms with van der Waals surface area (Å²) in [6, 6.07) is 0. The predicted octanol–water partition coefficient (Wildman–Crippen LogP) is 4.06. The Morgan fingerprint density at radius 2 is 1.11 bits per heavy atom. The summed E-state index contributed by atoms with van der Waals surface area (Å²) >= 11 is 0. The van der Waals surface area contributed by atoms with Gasteiger partial charge in [-0.2, -0.15) is 0 Å². The summed E-state index contributed by atoms with van der Waals surface area (Å²) in [5, 5.41) is 7.49. The van der Waals surface area contributed by atoms with Gasteiger partial charge in [0, 0.05) is 11.1 Å². The predicted molar refractivity (Wildman–Crippen MR) is 78.3 cm³/mol. The van der Waals surface area contributed by atoms with Crippen LogP contribution in [0.4, 0.5) is 0 Å². The summed E-state index contributed by atoms with van der Waals surface area (Å²) in [6.45, 7) is 15.9. The van der Waals surface area contributed by atoms with Gasteiger partial charge in [0.2, 0.25) is 0 Å². The molecule has 0 bridgehead atoms. The first kappa shape index (κ1) is 20.8. The Bertz CT molecular complexity index is 183. The summed E-state index contributed by atoms with van der Waals surface area (Å²) in [5.41, 5.74) is 0.454. The quantitative estimate of drug-likeness (QED) is 0.496. The molecule has 0 aliphatic rings. The molecule has 113 valence electrons. The van der Waals surface area contributed by atoms with Crippen LogP contribution in [0.25, 0.3) is 0 Å². The molecule has 0 saturated heterocycles. The van der Waals surface area contributed by atoms with Gasteiger partial charge in [0.05, 0.1) is 6.17 Å². The number of rotatable bonds is 9. The molecule has 18 heavy (non-hydrogen) atoms. The normalized spacial score (nSPS) is 12.7. The van der Waals surface area contributed by atoms with Crippen LogP contribution < -0.4 is 10.6 Å². The van der Waals surface area contributed by atoms with Crippen LogP contribution >= 0.6 is 0 Å². The first-order valence-corrected chi connectivity index (χ1v) is 7.31. The van der Waals surface area contributed by atoms with Crippen molar-refractivity contribution >= 4 is 0 Å². The molecule has 1 radical (unpaired) electrons. The molecule has 0 aromatic carbocycles. The molecule has 0 fully saturated rings. The topological polar surface area (TPSA) is 24.1 Å². The van der Waals surface area contributed by atoms with Gasteiger partial charge in [-0.15, -0.1) is 0 Å². The van der Waals surface area contributed by atoms with E-state index in [-0.39, 0.29) is 28.1 Å². The van der Waals surface area contributed by atoms with Gasteiger partial charge in [-0.3, -0.25) is 10.6 Å². The molecule has 0 rings (SSSR count). The van der Waals surface area contributed by atoms with Crippen molar-refractivity contribution in [3.05, 3.63) is 0 Å². The van der Waals surface area contributed by atoms with Crippen LogP contribution in [0, 0.1) is 0 Å². The maximum atomic E-state index is 3.75. The van der Waals surface area contributed by atoms with Crippen molar-refractivity contribution in [3.63, 3.8) is 0 Å². The van der Waals surface area contributed by atoms with E-state index in [4.69, 9.17) is 0 Å². The minimum atomic E-state index is 0. The first-order valence-electron chi connectivity index (χ1n) is 7.31. The van der Waals surface area contributed by atoms with E-state index >= 15 is 0 Å². The van der Waals surface area contributed by atoms with Gasteiger partial charge in [0.15, 0.2) is 0 Å². The number of hydrogen-bond donors (Lipinski definition) is 2. The van der Waals surface area contributed by atoms with E-state index in [1.165, 1.54) is 25.7 Å². The third-order valence-electron chi connectivity index (χ3n) is 3.29. The van der Waals surface area contributed by atoms with Gasteiger partial charge >= 0.3 is 17.1 Å². The van der Waals surface area contributed by atoms with Crippen LogP contribution in [-0.4, -0.2) is 17.2 Å². The van der Waals surface area contributed by atoms with Crippen LogP contribution in [0.3, 0.4) is 0 Å². The SMILES string of the molecule is CCCC(C)(C)NC(CC)NC(C)(C)CCC.[Cu+2]. The average Bonchev–Trinajstić information content (AvgIpc) is 2.15. The molecule has 2 nitrogen and oxygen atoms in total. The van der Waals surface area contributed by atoms with Crippen LogP contribution in [-0.2, 0) is 17.1 Å². The Morgan fingerprint density at radius 3 is 1.33 bits per heavy atom. The van der Waals surface area contributed by atoms with Crippen molar-refractivity contribution in [2.45, 2.75) is 97.8 Å². The van der Waals surface area contributed by atoms with Gasteiger partial charge in [0.1, 0.15) is 0 Å². The fourth-order valence-corrected chi connectivity index (χ4v) is 2.58. The smallest absolute Gasteiger partial charge is 0.297 e. The molecule has 2 N–H and O–H groups in total. The summed E-state index contributed by atoms with van der Waals surface area (Å²) in [4.78, 5) is 0. The van der Waals surface area contributed by atoms with Crippen molar-refractivity contribution in [1.82, 2.24) is 10.6 Å². The molecule has 0 unspecified atom stereocenters. The standard InChI is InChI=1S/C15H34N2.Cu/c1-8-11-14(4,5)16-13(10-3)17-15(6,7)12-9-2;/h13,16-17H,8-12H2,1-7H3;/q;+2. The van der Waals surface area contributed by atoms with E-state index in [0.29, 0.717) is 6.17 Å². The van der Waals surface area contributed by atoms with Crippen molar-refractivity contribution in [3.8, 4) is 0 Å². The zero-order valence-corrected chi connectivity index (χ0v) is 14.4. The summed E-state index contributed by atoms with van der Waals surface area (Å²) in [7, 11) is 0. The minimum Gasteiger partial charge on any atom is -0.297 e. The largest absolute Gasteiger partial charge is 2.00 e. The van der Waals surface area contributed by atoms with E-state index in [9.17, 15) is 0 Å². The Balaban J connectivity index is 0. The van der Waals surface area contributed by atoms with E-state index in [1.54, 1.807) is 0 Å². The molecule has 0 heterocycles.